The second kappa shape index (κ2) is 5.31. The van der Waals surface area contributed by atoms with Crippen molar-refractivity contribution in [3.05, 3.63) is 42.2 Å². The topological polar surface area (TPSA) is 74.8 Å². The van der Waals surface area contributed by atoms with Gasteiger partial charge in [0, 0.05) is 19.8 Å². The van der Waals surface area contributed by atoms with E-state index in [0.29, 0.717) is 12.2 Å². The van der Waals surface area contributed by atoms with Gasteiger partial charge in [-0.2, -0.15) is 5.26 Å². The van der Waals surface area contributed by atoms with E-state index in [2.05, 4.69) is 9.97 Å². The van der Waals surface area contributed by atoms with Gasteiger partial charge in [0.1, 0.15) is 11.8 Å². The second-order valence-electron chi connectivity index (χ2n) is 3.90. The minimum atomic E-state index is -0.202. The van der Waals surface area contributed by atoms with Crippen molar-refractivity contribution in [2.45, 2.75) is 6.92 Å². The lowest BCUT2D eigenvalue weighted by Crippen LogP contribution is -2.32. The first-order valence-corrected chi connectivity index (χ1v) is 5.82. The van der Waals surface area contributed by atoms with Gasteiger partial charge in [-0.05, 0) is 19.1 Å². The molecule has 6 heteroatoms. The van der Waals surface area contributed by atoms with Crippen LogP contribution in [0.4, 0.5) is 5.69 Å². The highest BCUT2D eigenvalue weighted by Gasteiger charge is 2.20. The van der Waals surface area contributed by atoms with E-state index in [1.54, 1.807) is 30.4 Å². The Hall–Kier alpha value is -2.68. The summed E-state index contributed by atoms with van der Waals surface area (Å²) >= 11 is 0. The molecule has 0 bridgehead atoms. The van der Waals surface area contributed by atoms with Crippen LogP contribution in [0.25, 0.3) is 0 Å². The van der Waals surface area contributed by atoms with E-state index in [4.69, 9.17) is 5.26 Å². The third-order valence-corrected chi connectivity index (χ3v) is 2.83. The average Bonchev–Trinajstić information content (AvgIpc) is 2.81. The number of rotatable bonds is 3. The first-order chi connectivity index (χ1) is 9.19. The summed E-state index contributed by atoms with van der Waals surface area (Å²) in [5, 5.41) is 8.86. The highest BCUT2D eigenvalue weighted by Crippen LogP contribution is 2.15. The monoisotopic (exact) mass is 255 g/mol. The van der Waals surface area contributed by atoms with Gasteiger partial charge in [0.25, 0.3) is 5.91 Å². The zero-order chi connectivity index (χ0) is 13.8. The van der Waals surface area contributed by atoms with E-state index in [1.807, 2.05) is 19.1 Å². The van der Waals surface area contributed by atoms with Crippen molar-refractivity contribution < 1.29 is 4.79 Å². The molecular formula is C13H13N5O. The lowest BCUT2D eigenvalue weighted by molar-refractivity contribution is 0.0980. The van der Waals surface area contributed by atoms with Crippen molar-refractivity contribution in [2.24, 2.45) is 7.05 Å². The number of pyridine rings is 1. The molecule has 96 valence electrons. The Morgan fingerprint density at radius 2 is 2.32 bits per heavy atom. The second-order valence-corrected chi connectivity index (χ2v) is 3.90. The smallest absolute Gasteiger partial charge is 0.276 e. The maximum absolute atomic E-state index is 12.5. The molecule has 2 aromatic heterocycles. The fourth-order valence-electron chi connectivity index (χ4n) is 1.81. The van der Waals surface area contributed by atoms with Gasteiger partial charge in [0.05, 0.1) is 18.1 Å². The molecule has 6 nitrogen and oxygen atoms in total. The fourth-order valence-corrected chi connectivity index (χ4v) is 1.81. The molecular weight excluding hydrogens is 242 g/mol. The summed E-state index contributed by atoms with van der Waals surface area (Å²) in [5.74, 6) is 0.0117. The molecule has 0 saturated carbocycles. The van der Waals surface area contributed by atoms with Gasteiger partial charge in [-0.1, -0.05) is 0 Å². The number of hydrogen-bond donors (Lipinski definition) is 0. The molecule has 0 N–H and O–H groups in total. The van der Waals surface area contributed by atoms with Crippen molar-refractivity contribution in [3.63, 3.8) is 0 Å². The van der Waals surface area contributed by atoms with Gasteiger partial charge in [0.2, 0.25) is 5.82 Å². The van der Waals surface area contributed by atoms with Crippen molar-refractivity contribution in [3.8, 4) is 6.07 Å². The van der Waals surface area contributed by atoms with Crippen LogP contribution in [0.3, 0.4) is 0 Å². The van der Waals surface area contributed by atoms with Gasteiger partial charge in [-0.25, -0.2) is 4.98 Å². The van der Waals surface area contributed by atoms with Crippen LogP contribution in [0.5, 0.6) is 0 Å². The molecule has 0 unspecified atom stereocenters. The van der Waals surface area contributed by atoms with Crippen LogP contribution < -0.4 is 4.90 Å². The van der Waals surface area contributed by atoms with E-state index in [-0.39, 0.29) is 11.7 Å². The number of amides is 1. The van der Waals surface area contributed by atoms with Crippen LogP contribution in [-0.4, -0.2) is 27.0 Å². The largest absolute Gasteiger partial charge is 0.315 e. The minimum absolute atomic E-state index is 0.202. The van der Waals surface area contributed by atoms with E-state index in [0.717, 1.165) is 5.69 Å². The Balaban J connectivity index is 2.37. The lowest BCUT2D eigenvalue weighted by Gasteiger charge is -2.20. The fraction of sp³-hybridized carbons (Fsp3) is 0.231. The van der Waals surface area contributed by atoms with Gasteiger partial charge in [-0.3, -0.25) is 9.78 Å². The summed E-state index contributed by atoms with van der Waals surface area (Å²) in [7, 11) is 1.65. The molecule has 0 aliphatic carbocycles. The van der Waals surface area contributed by atoms with Crippen LogP contribution in [0.2, 0.25) is 0 Å². The molecule has 2 aromatic rings. The number of nitriles is 1. The van der Waals surface area contributed by atoms with Crippen LogP contribution in [0.1, 0.15) is 23.2 Å². The average molecular weight is 255 g/mol. The standard InChI is InChI=1S/C13H13N5O/c1-3-18(10-5-4-6-15-8-10)13(19)11-9-16-12(7-14)17(11)2/h4-6,8-9H,3H2,1-2H3. The van der Waals surface area contributed by atoms with E-state index in [9.17, 15) is 4.79 Å². The van der Waals surface area contributed by atoms with Crippen molar-refractivity contribution >= 4 is 11.6 Å². The van der Waals surface area contributed by atoms with Crippen molar-refractivity contribution in [1.82, 2.24) is 14.5 Å². The zero-order valence-electron chi connectivity index (χ0n) is 10.7. The predicted molar refractivity (Wildman–Crippen MR) is 69.5 cm³/mol. The summed E-state index contributed by atoms with van der Waals surface area (Å²) in [4.78, 5) is 22.0. The molecule has 1 amide bonds. The highest BCUT2D eigenvalue weighted by molar-refractivity contribution is 6.04. The first kappa shape index (κ1) is 12.8. The molecule has 0 fully saturated rings. The summed E-state index contributed by atoms with van der Waals surface area (Å²) in [6, 6.07) is 5.52. The Morgan fingerprint density at radius 3 is 2.84 bits per heavy atom. The Bertz CT molecular complexity index is 626. The Kier molecular flexibility index (Phi) is 3.57. The minimum Gasteiger partial charge on any atom is -0.315 e. The normalized spacial score (nSPS) is 9.95. The van der Waals surface area contributed by atoms with Gasteiger partial charge in [-0.15, -0.1) is 0 Å². The highest BCUT2D eigenvalue weighted by atomic mass is 16.2. The SMILES string of the molecule is CCN(C(=O)c1cnc(C#N)n1C)c1cccnc1. The molecule has 0 atom stereocenters. The number of aromatic nitrogens is 3. The third kappa shape index (κ3) is 2.31. The molecule has 0 spiro atoms. The molecule has 0 saturated heterocycles. The van der Waals surface area contributed by atoms with E-state index < -0.39 is 0 Å². The first-order valence-electron chi connectivity index (χ1n) is 5.82. The van der Waals surface area contributed by atoms with Crippen LogP contribution in [-0.2, 0) is 7.05 Å². The van der Waals surface area contributed by atoms with Gasteiger partial charge < -0.3 is 9.47 Å². The van der Waals surface area contributed by atoms with Crippen LogP contribution >= 0.6 is 0 Å². The molecule has 2 heterocycles. The zero-order valence-corrected chi connectivity index (χ0v) is 10.7. The van der Waals surface area contributed by atoms with Gasteiger partial charge >= 0.3 is 0 Å². The molecule has 0 aromatic carbocycles. The predicted octanol–water partition coefficient (Wildman–Crippen LogP) is 1.35. The van der Waals surface area contributed by atoms with Crippen molar-refractivity contribution in [1.29, 1.82) is 5.26 Å². The lowest BCUT2D eigenvalue weighted by atomic mass is 10.3. The summed E-state index contributed by atoms with van der Waals surface area (Å²) in [6.07, 6.45) is 4.70. The number of hydrogen-bond acceptors (Lipinski definition) is 4. The maximum atomic E-state index is 12.5. The molecule has 0 radical (unpaired) electrons. The van der Waals surface area contributed by atoms with Crippen molar-refractivity contribution in [2.75, 3.05) is 11.4 Å². The molecule has 19 heavy (non-hydrogen) atoms. The van der Waals surface area contributed by atoms with Crippen LogP contribution in [0, 0.1) is 11.3 Å². The van der Waals surface area contributed by atoms with E-state index in [1.165, 1.54) is 10.8 Å². The molecule has 0 aliphatic heterocycles. The maximum Gasteiger partial charge on any atom is 0.276 e. The third-order valence-electron chi connectivity index (χ3n) is 2.83. The quantitative estimate of drug-likeness (QED) is 0.829. The number of anilines is 1. The number of carbonyl (C=O) groups is 1. The Labute approximate surface area is 110 Å². The summed E-state index contributed by atoms with van der Waals surface area (Å²) < 4.78 is 1.49. The van der Waals surface area contributed by atoms with Gasteiger partial charge in [0.15, 0.2) is 0 Å². The van der Waals surface area contributed by atoms with E-state index >= 15 is 0 Å². The number of carbonyl (C=O) groups excluding carboxylic acids is 1. The summed E-state index contributed by atoms with van der Waals surface area (Å²) in [5.41, 5.74) is 1.09. The summed E-state index contributed by atoms with van der Waals surface area (Å²) in [6.45, 7) is 2.39. The molecule has 0 aliphatic rings. The molecule has 2 rings (SSSR count). The number of nitrogens with zero attached hydrogens (tertiary/aromatic N) is 5. The van der Waals surface area contributed by atoms with Crippen LogP contribution in [0.15, 0.2) is 30.7 Å². The Morgan fingerprint density at radius 1 is 1.53 bits per heavy atom. The number of imidazole rings is 1.